The van der Waals surface area contributed by atoms with Crippen molar-refractivity contribution in [2.45, 2.75) is 39.3 Å². The largest absolute Gasteiger partial charge is 0.493 e. The van der Waals surface area contributed by atoms with Gasteiger partial charge in [0, 0.05) is 50.0 Å². The van der Waals surface area contributed by atoms with Crippen LogP contribution in [0.25, 0.3) is 11.4 Å². The van der Waals surface area contributed by atoms with Gasteiger partial charge < -0.3 is 34.6 Å². The molecule has 3 N–H and O–H groups in total. The number of nitrogens with zero attached hydrogens (tertiary/aromatic N) is 3. The summed E-state index contributed by atoms with van der Waals surface area (Å²) in [4.78, 5) is 48.0. The molecular weight excluding hydrogens is 500 g/mol. The van der Waals surface area contributed by atoms with Crippen LogP contribution < -0.4 is 20.1 Å². The molecule has 11 heteroatoms. The molecule has 3 aromatic rings. The maximum atomic E-state index is 13.2. The van der Waals surface area contributed by atoms with E-state index in [4.69, 9.17) is 9.47 Å². The molecule has 1 aliphatic heterocycles. The summed E-state index contributed by atoms with van der Waals surface area (Å²) in [5.41, 5.74) is 1.32. The predicted molar refractivity (Wildman–Crippen MR) is 145 cm³/mol. The van der Waals surface area contributed by atoms with Gasteiger partial charge in [-0.15, -0.1) is 0 Å². The summed E-state index contributed by atoms with van der Waals surface area (Å²) < 4.78 is 13.6. The Kier molecular flexibility index (Phi) is 9.24. The zero-order valence-corrected chi connectivity index (χ0v) is 22.6. The second-order valence-corrected chi connectivity index (χ2v) is 9.77. The van der Waals surface area contributed by atoms with Gasteiger partial charge in [-0.2, -0.15) is 0 Å². The van der Waals surface area contributed by atoms with Gasteiger partial charge in [0.1, 0.15) is 11.9 Å². The average molecular weight is 537 g/mol. The molecule has 0 unspecified atom stereocenters. The number of H-pyrrole nitrogens is 1. The number of rotatable bonds is 3. The first-order valence-electron chi connectivity index (χ1n) is 13.2. The summed E-state index contributed by atoms with van der Waals surface area (Å²) in [5.74, 6) is 0.867. The first-order valence-corrected chi connectivity index (χ1v) is 13.2. The van der Waals surface area contributed by atoms with Crippen molar-refractivity contribution in [1.82, 2.24) is 30.1 Å². The first kappa shape index (κ1) is 27.7. The lowest BCUT2D eigenvalue weighted by Crippen LogP contribution is -2.52. The average Bonchev–Trinajstić information content (AvgIpc) is 3.63. The Bertz CT molecular complexity index is 1270. The van der Waals surface area contributed by atoms with Gasteiger partial charge >= 0.3 is 0 Å². The number of hydrogen-bond donors (Lipinski definition) is 3. The Labute approximate surface area is 227 Å². The van der Waals surface area contributed by atoms with Crippen molar-refractivity contribution in [1.29, 1.82) is 0 Å². The van der Waals surface area contributed by atoms with E-state index >= 15 is 0 Å². The number of imidazole rings is 1. The maximum Gasteiger partial charge on any atom is 0.255 e. The van der Waals surface area contributed by atoms with E-state index in [1.54, 1.807) is 31.8 Å². The standard InChI is InChI=1S/C28H36N6O5/c1-19(2)25-27(36)31-9-4-12-33-14-11-30-26(33)20-6-7-22(38-3)23(16-20)39-15-5-13-34(18-24(35)32-25)28(37)21-8-10-29-17-21/h6-8,10-11,14,16-17,19,25,29H,4-5,9,12-13,15,18H2,1-3H3,(H,31,36)(H,32,35)/t25-/m1/s1. The number of benzene rings is 1. The van der Waals surface area contributed by atoms with E-state index in [0.717, 1.165) is 11.4 Å². The van der Waals surface area contributed by atoms with Gasteiger partial charge in [-0.1, -0.05) is 13.8 Å². The number of amides is 3. The molecule has 208 valence electrons. The second-order valence-electron chi connectivity index (χ2n) is 9.77. The normalized spacial score (nSPS) is 17.6. The van der Waals surface area contributed by atoms with Gasteiger partial charge in [0.2, 0.25) is 11.8 Å². The van der Waals surface area contributed by atoms with Crippen LogP contribution in [0.1, 0.15) is 37.0 Å². The highest BCUT2D eigenvalue weighted by molar-refractivity contribution is 5.97. The minimum atomic E-state index is -0.718. The van der Waals surface area contributed by atoms with E-state index < -0.39 is 11.9 Å². The van der Waals surface area contributed by atoms with Gasteiger partial charge in [-0.25, -0.2) is 4.98 Å². The summed E-state index contributed by atoms with van der Waals surface area (Å²) >= 11 is 0. The molecule has 3 amide bonds. The zero-order chi connectivity index (χ0) is 27.8. The summed E-state index contributed by atoms with van der Waals surface area (Å²) in [6, 6.07) is 6.60. The van der Waals surface area contributed by atoms with Crippen molar-refractivity contribution in [3.63, 3.8) is 0 Å². The van der Waals surface area contributed by atoms with Gasteiger partial charge in [-0.3, -0.25) is 14.4 Å². The lowest BCUT2D eigenvalue weighted by atomic mass is 10.0. The van der Waals surface area contributed by atoms with E-state index in [1.165, 1.54) is 4.90 Å². The maximum absolute atomic E-state index is 13.2. The molecular formula is C28H36N6O5. The molecule has 3 heterocycles. The van der Waals surface area contributed by atoms with Crippen LogP contribution in [0.2, 0.25) is 0 Å². The summed E-state index contributed by atoms with van der Waals surface area (Å²) in [5, 5.41) is 5.77. The van der Waals surface area contributed by atoms with Crippen molar-refractivity contribution in [2.24, 2.45) is 5.92 Å². The quantitative estimate of drug-likeness (QED) is 0.472. The molecule has 2 bridgehead atoms. The SMILES string of the molecule is COc1ccc2cc1OCCCN(C(=O)c1cc[nH]c1)CC(=O)N[C@H](C(C)C)C(=O)NCCCn1ccnc1-2. The highest BCUT2D eigenvalue weighted by atomic mass is 16.5. The predicted octanol–water partition coefficient (Wildman–Crippen LogP) is 2.46. The molecule has 0 saturated carbocycles. The van der Waals surface area contributed by atoms with E-state index in [1.807, 2.05) is 42.8 Å². The van der Waals surface area contributed by atoms with Gasteiger partial charge in [0.25, 0.3) is 5.91 Å². The zero-order valence-electron chi connectivity index (χ0n) is 22.6. The third-order valence-corrected chi connectivity index (χ3v) is 6.57. The topological polar surface area (TPSA) is 131 Å². The molecule has 1 atom stereocenters. The molecule has 0 saturated heterocycles. The molecule has 0 radical (unpaired) electrons. The second kappa shape index (κ2) is 13.0. The van der Waals surface area contributed by atoms with Gasteiger partial charge in [0.15, 0.2) is 11.5 Å². The van der Waals surface area contributed by atoms with Crippen LogP contribution in [0.15, 0.2) is 49.1 Å². The summed E-state index contributed by atoms with van der Waals surface area (Å²) in [6.07, 6.45) is 8.04. The molecule has 0 fully saturated rings. The summed E-state index contributed by atoms with van der Waals surface area (Å²) in [7, 11) is 1.58. The fourth-order valence-electron chi connectivity index (χ4n) is 4.51. The van der Waals surface area contributed by atoms with Crippen LogP contribution in [-0.2, 0) is 16.1 Å². The van der Waals surface area contributed by atoms with Crippen LogP contribution >= 0.6 is 0 Å². The number of hydrogen-bond acceptors (Lipinski definition) is 6. The van der Waals surface area contributed by atoms with Crippen LogP contribution in [0.4, 0.5) is 0 Å². The molecule has 39 heavy (non-hydrogen) atoms. The molecule has 1 aliphatic rings. The third kappa shape index (κ3) is 6.98. The number of carbonyl (C=O) groups is 3. The Hall–Kier alpha value is -4.28. The Morgan fingerprint density at radius 3 is 2.77 bits per heavy atom. The van der Waals surface area contributed by atoms with Crippen molar-refractivity contribution in [3.8, 4) is 22.9 Å². The number of fused-ring (bicyclic) bond motifs is 4. The van der Waals surface area contributed by atoms with Crippen LogP contribution in [0, 0.1) is 5.92 Å². The molecule has 11 nitrogen and oxygen atoms in total. The number of carbonyl (C=O) groups excluding carboxylic acids is 3. The highest BCUT2D eigenvalue weighted by Gasteiger charge is 2.26. The van der Waals surface area contributed by atoms with Gasteiger partial charge in [0.05, 0.1) is 25.8 Å². The number of nitrogens with one attached hydrogen (secondary N) is 3. The van der Waals surface area contributed by atoms with Crippen LogP contribution in [0.3, 0.4) is 0 Å². The molecule has 0 spiro atoms. The fourth-order valence-corrected chi connectivity index (χ4v) is 4.51. The monoisotopic (exact) mass is 536 g/mol. The Balaban J connectivity index is 1.59. The molecule has 4 rings (SSSR count). The number of aromatic nitrogens is 3. The van der Waals surface area contributed by atoms with Crippen molar-refractivity contribution in [3.05, 3.63) is 54.6 Å². The van der Waals surface area contributed by atoms with Gasteiger partial charge in [-0.05, 0) is 43.0 Å². The number of aryl methyl sites for hydroxylation is 1. The third-order valence-electron chi connectivity index (χ3n) is 6.57. The first-order chi connectivity index (χ1) is 18.9. The summed E-state index contributed by atoms with van der Waals surface area (Å²) in [6.45, 7) is 5.23. The van der Waals surface area contributed by atoms with E-state index in [-0.39, 0.29) is 30.8 Å². The number of methoxy groups -OCH3 is 1. The minimum Gasteiger partial charge on any atom is -0.493 e. The number of ether oxygens (including phenoxy) is 2. The van der Waals surface area contributed by atoms with Crippen LogP contribution in [0.5, 0.6) is 11.5 Å². The van der Waals surface area contributed by atoms with Crippen molar-refractivity contribution >= 4 is 17.7 Å². The lowest BCUT2D eigenvalue weighted by molar-refractivity contribution is -0.130. The van der Waals surface area contributed by atoms with Crippen molar-refractivity contribution in [2.75, 3.05) is 33.4 Å². The van der Waals surface area contributed by atoms with E-state index in [9.17, 15) is 14.4 Å². The van der Waals surface area contributed by atoms with Crippen LogP contribution in [-0.4, -0.2) is 76.5 Å². The lowest BCUT2D eigenvalue weighted by Gasteiger charge is -2.25. The fraction of sp³-hybridized carbons (Fsp3) is 0.429. The van der Waals surface area contributed by atoms with Crippen molar-refractivity contribution < 1.29 is 23.9 Å². The number of aromatic amines is 1. The highest BCUT2D eigenvalue weighted by Crippen LogP contribution is 2.32. The Morgan fingerprint density at radius 2 is 2.03 bits per heavy atom. The molecule has 1 aromatic carbocycles. The van der Waals surface area contributed by atoms with E-state index in [0.29, 0.717) is 49.6 Å². The van der Waals surface area contributed by atoms with E-state index in [2.05, 4.69) is 20.6 Å². The Morgan fingerprint density at radius 1 is 1.18 bits per heavy atom. The molecule has 2 aromatic heterocycles. The molecule has 0 aliphatic carbocycles. The minimum absolute atomic E-state index is 0.133. The smallest absolute Gasteiger partial charge is 0.255 e.